The molecule has 1 aliphatic heterocycles. The van der Waals surface area contributed by atoms with Crippen LogP contribution in [0.4, 0.5) is 5.69 Å². The normalized spacial score (nSPS) is 19.6. The Kier molecular flexibility index (Phi) is 3.60. The first-order valence-corrected chi connectivity index (χ1v) is 6.72. The van der Waals surface area contributed by atoms with Gasteiger partial charge in [0.15, 0.2) is 0 Å². The topological polar surface area (TPSA) is 53.1 Å². The highest BCUT2D eigenvalue weighted by Gasteiger charge is 2.27. The molecule has 3 heteroatoms. The average molecular weight is 245 g/mol. The van der Waals surface area contributed by atoms with E-state index in [1.807, 2.05) is 13.0 Å². The SMILES string of the molecule is Cc1cc(N2CCCC2C(C)C)ccc1C(=N)N. The van der Waals surface area contributed by atoms with Gasteiger partial charge in [0.05, 0.1) is 0 Å². The fourth-order valence-electron chi connectivity index (χ4n) is 2.93. The fraction of sp³-hybridized carbons (Fsp3) is 0.533. The molecule has 0 amide bonds. The lowest BCUT2D eigenvalue weighted by Gasteiger charge is -2.30. The minimum atomic E-state index is 0.154. The molecular formula is C15H23N3. The van der Waals surface area contributed by atoms with Crippen LogP contribution in [-0.4, -0.2) is 18.4 Å². The zero-order valence-corrected chi connectivity index (χ0v) is 11.5. The molecule has 1 unspecified atom stereocenters. The van der Waals surface area contributed by atoms with Gasteiger partial charge in [-0.1, -0.05) is 13.8 Å². The lowest BCUT2D eigenvalue weighted by Crippen LogP contribution is -2.33. The summed E-state index contributed by atoms with van der Waals surface area (Å²) in [6.45, 7) is 7.75. The van der Waals surface area contributed by atoms with E-state index in [1.54, 1.807) is 0 Å². The van der Waals surface area contributed by atoms with Crippen LogP contribution in [0.25, 0.3) is 0 Å². The molecule has 1 aromatic rings. The van der Waals surface area contributed by atoms with Gasteiger partial charge in [-0.3, -0.25) is 5.41 Å². The van der Waals surface area contributed by atoms with Crippen LogP contribution in [0.1, 0.15) is 37.8 Å². The summed E-state index contributed by atoms with van der Waals surface area (Å²) in [5.41, 5.74) is 8.77. The summed E-state index contributed by atoms with van der Waals surface area (Å²) in [6.07, 6.45) is 2.56. The molecule has 1 atom stereocenters. The van der Waals surface area contributed by atoms with Crippen LogP contribution in [0.5, 0.6) is 0 Å². The molecule has 0 bridgehead atoms. The summed E-state index contributed by atoms with van der Waals surface area (Å²) in [4.78, 5) is 2.50. The van der Waals surface area contributed by atoms with Gasteiger partial charge < -0.3 is 10.6 Å². The fourth-order valence-corrected chi connectivity index (χ4v) is 2.93. The van der Waals surface area contributed by atoms with Crippen molar-refractivity contribution in [2.75, 3.05) is 11.4 Å². The van der Waals surface area contributed by atoms with Crippen LogP contribution in [-0.2, 0) is 0 Å². The largest absolute Gasteiger partial charge is 0.384 e. The summed E-state index contributed by atoms with van der Waals surface area (Å²) in [5.74, 6) is 0.834. The molecule has 1 aliphatic rings. The summed E-state index contributed by atoms with van der Waals surface area (Å²) in [6, 6.07) is 6.89. The van der Waals surface area contributed by atoms with Crippen LogP contribution in [0, 0.1) is 18.3 Å². The van der Waals surface area contributed by atoms with E-state index in [-0.39, 0.29) is 5.84 Å². The molecule has 1 saturated heterocycles. The smallest absolute Gasteiger partial charge is 0.123 e. The standard InChI is InChI=1S/C15H23N3/c1-10(2)14-5-4-8-18(14)12-6-7-13(15(16)17)11(3)9-12/h6-7,9-10,14H,4-5,8H2,1-3H3,(H3,16,17). The first kappa shape index (κ1) is 12.9. The molecule has 98 valence electrons. The number of nitrogens with two attached hydrogens (primary N) is 1. The number of aryl methyl sites for hydroxylation is 1. The van der Waals surface area contributed by atoms with Gasteiger partial charge in [0, 0.05) is 23.8 Å². The Balaban J connectivity index is 2.29. The van der Waals surface area contributed by atoms with Crippen LogP contribution >= 0.6 is 0 Å². The van der Waals surface area contributed by atoms with Gasteiger partial charge in [0.2, 0.25) is 0 Å². The predicted molar refractivity (Wildman–Crippen MR) is 77.4 cm³/mol. The van der Waals surface area contributed by atoms with E-state index in [0.717, 1.165) is 17.7 Å². The minimum Gasteiger partial charge on any atom is -0.384 e. The highest BCUT2D eigenvalue weighted by atomic mass is 15.2. The van der Waals surface area contributed by atoms with Crippen molar-refractivity contribution >= 4 is 11.5 Å². The Bertz CT molecular complexity index is 451. The molecule has 0 aromatic heterocycles. The van der Waals surface area contributed by atoms with Gasteiger partial charge in [-0.2, -0.15) is 0 Å². The van der Waals surface area contributed by atoms with Crippen molar-refractivity contribution in [3.63, 3.8) is 0 Å². The third-order valence-electron chi connectivity index (χ3n) is 3.90. The first-order chi connectivity index (χ1) is 8.50. The highest BCUT2D eigenvalue weighted by molar-refractivity contribution is 5.96. The molecule has 18 heavy (non-hydrogen) atoms. The molecule has 1 heterocycles. The molecule has 1 fully saturated rings. The van der Waals surface area contributed by atoms with Gasteiger partial charge in [-0.15, -0.1) is 0 Å². The van der Waals surface area contributed by atoms with Gasteiger partial charge in [0.25, 0.3) is 0 Å². The maximum absolute atomic E-state index is 7.53. The van der Waals surface area contributed by atoms with Crippen molar-refractivity contribution in [3.8, 4) is 0 Å². The second-order valence-corrected chi connectivity index (χ2v) is 5.56. The quantitative estimate of drug-likeness (QED) is 0.635. The third-order valence-corrected chi connectivity index (χ3v) is 3.90. The van der Waals surface area contributed by atoms with Crippen molar-refractivity contribution in [2.45, 2.75) is 39.7 Å². The third kappa shape index (κ3) is 2.35. The lowest BCUT2D eigenvalue weighted by molar-refractivity contribution is 0.492. The van der Waals surface area contributed by atoms with Gasteiger partial charge in [-0.25, -0.2) is 0 Å². The van der Waals surface area contributed by atoms with Crippen molar-refractivity contribution in [3.05, 3.63) is 29.3 Å². The first-order valence-electron chi connectivity index (χ1n) is 6.72. The zero-order valence-electron chi connectivity index (χ0n) is 11.5. The van der Waals surface area contributed by atoms with Crippen molar-refractivity contribution in [1.82, 2.24) is 0 Å². The molecule has 0 spiro atoms. The Hall–Kier alpha value is -1.51. The zero-order chi connectivity index (χ0) is 13.3. The highest BCUT2D eigenvalue weighted by Crippen LogP contribution is 2.30. The van der Waals surface area contributed by atoms with Gasteiger partial charge in [0.1, 0.15) is 5.84 Å². The lowest BCUT2D eigenvalue weighted by atomic mass is 10.0. The van der Waals surface area contributed by atoms with E-state index in [1.165, 1.54) is 18.5 Å². The van der Waals surface area contributed by atoms with E-state index < -0.39 is 0 Å². The summed E-state index contributed by atoms with van der Waals surface area (Å²) in [7, 11) is 0. The summed E-state index contributed by atoms with van der Waals surface area (Å²) >= 11 is 0. The Morgan fingerprint density at radius 2 is 2.17 bits per heavy atom. The molecule has 0 aliphatic carbocycles. The van der Waals surface area contributed by atoms with E-state index >= 15 is 0 Å². The molecule has 0 saturated carbocycles. The Labute approximate surface area is 109 Å². The van der Waals surface area contributed by atoms with Gasteiger partial charge in [-0.05, 0) is 49.4 Å². The Morgan fingerprint density at radius 1 is 1.44 bits per heavy atom. The number of nitrogens with one attached hydrogen (secondary N) is 1. The maximum Gasteiger partial charge on any atom is 0.123 e. The molecule has 0 radical (unpaired) electrons. The maximum atomic E-state index is 7.53. The van der Waals surface area contributed by atoms with Crippen LogP contribution < -0.4 is 10.6 Å². The number of amidine groups is 1. The number of hydrogen-bond donors (Lipinski definition) is 2. The molecule has 1 aromatic carbocycles. The van der Waals surface area contributed by atoms with Crippen LogP contribution in [0.15, 0.2) is 18.2 Å². The number of hydrogen-bond acceptors (Lipinski definition) is 2. The number of nitrogens with zero attached hydrogens (tertiary/aromatic N) is 1. The van der Waals surface area contributed by atoms with Crippen molar-refractivity contribution < 1.29 is 0 Å². The van der Waals surface area contributed by atoms with E-state index in [2.05, 4.69) is 30.9 Å². The van der Waals surface area contributed by atoms with Gasteiger partial charge >= 0.3 is 0 Å². The summed E-state index contributed by atoms with van der Waals surface area (Å²) in [5, 5.41) is 7.53. The Morgan fingerprint density at radius 3 is 2.72 bits per heavy atom. The van der Waals surface area contributed by atoms with Crippen molar-refractivity contribution in [2.24, 2.45) is 11.7 Å². The van der Waals surface area contributed by atoms with Crippen molar-refractivity contribution in [1.29, 1.82) is 5.41 Å². The predicted octanol–water partition coefficient (Wildman–Crippen LogP) is 2.90. The summed E-state index contributed by atoms with van der Waals surface area (Å²) < 4.78 is 0. The molecule has 3 N–H and O–H groups in total. The monoisotopic (exact) mass is 245 g/mol. The second kappa shape index (κ2) is 5.01. The molecule has 3 nitrogen and oxygen atoms in total. The van der Waals surface area contributed by atoms with E-state index in [0.29, 0.717) is 12.0 Å². The number of benzene rings is 1. The van der Waals surface area contributed by atoms with Crippen LogP contribution in [0.2, 0.25) is 0 Å². The number of nitrogen functional groups attached to an aromatic ring is 1. The van der Waals surface area contributed by atoms with E-state index in [9.17, 15) is 0 Å². The van der Waals surface area contributed by atoms with E-state index in [4.69, 9.17) is 11.1 Å². The van der Waals surface area contributed by atoms with Crippen LogP contribution in [0.3, 0.4) is 0 Å². The minimum absolute atomic E-state index is 0.154. The number of anilines is 1. The average Bonchev–Trinajstić information content (AvgIpc) is 2.77. The molecule has 2 rings (SSSR count). The number of rotatable bonds is 3. The second-order valence-electron chi connectivity index (χ2n) is 5.56. The molecular weight excluding hydrogens is 222 g/mol.